The minimum atomic E-state index is -0.563. The molecule has 0 aliphatic carbocycles. The second-order valence-corrected chi connectivity index (χ2v) is 9.83. The van der Waals surface area contributed by atoms with Gasteiger partial charge in [-0.3, -0.25) is 24.6 Å². The number of amides is 3. The highest BCUT2D eigenvalue weighted by Gasteiger charge is 2.39. The molecule has 2 aromatic rings. The molecule has 8 nitrogen and oxygen atoms in total. The van der Waals surface area contributed by atoms with E-state index in [9.17, 15) is 14.4 Å². The number of hydrogen-bond donors (Lipinski definition) is 1. The van der Waals surface area contributed by atoms with E-state index in [-0.39, 0.29) is 24.1 Å². The molecule has 8 heteroatoms. The highest BCUT2D eigenvalue weighted by Crippen LogP contribution is 2.30. The van der Waals surface area contributed by atoms with Gasteiger partial charge in [0.15, 0.2) is 0 Å². The number of piperidine rings is 1. The van der Waals surface area contributed by atoms with Crippen molar-refractivity contribution in [3.8, 4) is 5.75 Å². The molecule has 0 saturated carbocycles. The van der Waals surface area contributed by atoms with Crippen LogP contribution in [0, 0.1) is 0 Å². The summed E-state index contributed by atoms with van der Waals surface area (Å²) >= 11 is 0. The average Bonchev–Trinajstić information content (AvgIpc) is 3.24. The Labute approximate surface area is 212 Å². The smallest absolute Gasteiger partial charge is 0.255 e. The van der Waals surface area contributed by atoms with Crippen molar-refractivity contribution >= 4 is 23.4 Å². The lowest BCUT2D eigenvalue weighted by Gasteiger charge is -2.36. The number of aryl methyl sites for hydroxylation is 1. The van der Waals surface area contributed by atoms with E-state index >= 15 is 0 Å². The number of ether oxygens (including phenoxy) is 1. The van der Waals surface area contributed by atoms with Crippen LogP contribution in [-0.2, 0) is 22.6 Å². The Kier molecular flexibility index (Phi) is 7.23. The van der Waals surface area contributed by atoms with Gasteiger partial charge in [0.05, 0.1) is 7.11 Å². The van der Waals surface area contributed by atoms with Crippen molar-refractivity contribution in [2.24, 2.45) is 0 Å². The van der Waals surface area contributed by atoms with Crippen molar-refractivity contribution in [1.82, 2.24) is 15.1 Å². The highest BCUT2D eigenvalue weighted by atomic mass is 16.5. The third kappa shape index (κ3) is 5.09. The van der Waals surface area contributed by atoms with Gasteiger partial charge in [-0.15, -0.1) is 0 Å². The van der Waals surface area contributed by atoms with E-state index in [1.54, 1.807) is 12.0 Å². The van der Waals surface area contributed by atoms with Crippen molar-refractivity contribution in [2.75, 3.05) is 44.7 Å². The Morgan fingerprint density at radius 3 is 2.47 bits per heavy atom. The Hall–Kier alpha value is -3.39. The average molecular weight is 491 g/mol. The van der Waals surface area contributed by atoms with E-state index in [4.69, 9.17) is 4.74 Å². The van der Waals surface area contributed by atoms with Gasteiger partial charge in [-0.05, 0) is 73.7 Å². The molecule has 2 saturated heterocycles. The van der Waals surface area contributed by atoms with Crippen LogP contribution in [-0.4, -0.2) is 73.4 Å². The summed E-state index contributed by atoms with van der Waals surface area (Å²) in [4.78, 5) is 43.4. The molecule has 190 valence electrons. The molecule has 0 bridgehead atoms. The van der Waals surface area contributed by atoms with Gasteiger partial charge < -0.3 is 14.5 Å². The van der Waals surface area contributed by atoms with Crippen molar-refractivity contribution in [2.45, 2.75) is 44.7 Å². The highest BCUT2D eigenvalue weighted by molar-refractivity contribution is 6.05. The number of anilines is 1. The Morgan fingerprint density at radius 1 is 0.972 bits per heavy atom. The van der Waals surface area contributed by atoms with Crippen LogP contribution in [0.2, 0.25) is 0 Å². The van der Waals surface area contributed by atoms with E-state index in [1.165, 1.54) is 11.3 Å². The number of imide groups is 1. The summed E-state index contributed by atoms with van der Waals surface area (Å²) in [5.41, 5.74) is 4.18. The van der Waals surface area contributed by atoms with Gasteiger partial charge in [-0.25, -0.2) is 0 Å². The number of hydrogen-bond acceptors (Lipinski definition) is 6. The van der Waals surface area contributed by atoms with Crippen LogP contribution in [0.3, 0.4) is 0 Å². The summed E-state index contributed by atoms with van der Waals surface area (Å²) < 4.78 is 5.26. The van der Waals surface area contributed by atoms with E-state index in [0.29, 0.717) is 18.5 Å². The van der Waals surface area contributed by atoms with E-state index < -0.39 is 6.04 Å². The molecule has 5 rings (SSSR count). The normalized spacial score (nSPS) is 20.5. The lowest BCUT2D eigenvalue weighted by atomic mass is 9.98. The molecule has 2 aromatic carbocycles. The minimum Gasteiger partial charge on any atom is -0.497 e. The number of nitrogens with zero attached hydrogens (tertiary/aromatic N) is 3. The van der Waals surface area contributed by atoms with Gasteiger partial charge in [0.1, 0.15) is 11.8 Å². The molecule has 1 N–H and O–H groups in total. The predicted molar refractivity (Wildman–Crippen MR) is 137 cm³/mol. The summed E-state index contributed by atoms with van der Waals surface area (Å²) in [6.45, 7) is 5.69. The van der Waals surface area contributed by atoms with Gasteiger partial charge in [0.25, 0.3) is 5.91 Å². The minimum absolute atomic E-state index is 0.101. The largest absolute Gasteiger partial charge is 0.497 e. The molecule has 0 spiro atoms. The van der Waals surface area contributed by atoms with E-state index in [1.807, 2.05) is 24.3 Å². The first kappa shape index (κ1) is 24.3. The number of carbonyl (C=O) groups is 3. The monoisotopic (exact) mass is 490 g/mol. The predicted octanol–water partition coefficient (Wildman–Crippen LogP) is 2.60. The van der Waals surface area contributed by atoms with Crippen molar-refractivity contribution in [3.05, 3.63) is 59.2 Å². The van der Waals surface area contributed by atoms with Crippen LogP contribution < -0.4 is 15.0 Å². The molecule has 3 heterocycles. The van der Waals surface area contributed by atoms with Crippen LogP contribution in [0.25, 0.3) is 0 Å². The van der Waals surface area contributed by atoms with Crippen LogP contribution in [0.5, 0.6) is 5.75 Å². The summed E-state index contributed by atoms with van der Waals surface area (Å²) in [5, 5.41) is 2.37. The fourth-order valence-corrected chi connectivity index (χ4v) is 5.56. The number of nitrogens with one attached hydrogen (secondary N) is 1. The zero-order valence-corrected chi connectivity index (χ0v) is 20.9. The number of rotatable bonds is 8. The van der Waals surface area contributed by atoms with Crippen molar-refractivity contribution < 1.29 is 19.1 Å². The number of carbonyl (C=O) groups excluding carboxylic acids is 3. The Balaban J connectivity index is 1.09. The topological polar surface area (TPSA) is 82.2 Å². The molecule has 0 aromatic heterocycles. The molecular formula is C28H34N4O4. The van der Waals surface area contributed by atoms with Gasteiger partial charge in [-0.1, -0.05) is 12.1 Å². The Morgan fingerprint density at radius 2 is 1.75 bits per heavy atom. The first-order valence-corrected chi connectivity index (χ1v) is 12.9. The number of benzene rings is 2. The van der Waals surface area contributed by atoms with Crippen LogP contribution in [0.15, 0.2) is 42.5 Å². The second-order valence-electron chi connectivity index (χ2n) is 9.83. The van der Waals surface area contributed by atoms with E-state index in [2.05, 4.69) is 33.3 Å². The van der Waals surface area contributed by atoms with Crippen molar-refractivity contribution in [3.63, 3.8) is 0 Å². The van der Waals surface area contributed by atoms with Crippen LogP contribution in [0.4, 0.5) is 5.69 Å². The van der Waals surface area contributed by atoms with Gasteiger partial charge in [-0.2, -0.15) is 0 Å². The molecule has 1 unspecified atom stereocenters. The molecular weight excluding hydrogens is 456 g/mol. The van der Waals surface area contributed by atoms with Crippen LogP contribution in [0.1, 0.15) is 47.2 Å². The van der Waals surface area contributed by atoms with E-state index in [0.717, 1.165) is 63.3 Å². The standard InChI is InChI=1S/C28H34N4O4/c1-36-22-10-8-21(9-11-22)31-17-15-30(16-18-31)14-3-2-5-20-6-4-7-23-24(20)19-32(28(23)35)25-12-13-26(33)29-27(25)34/h4,6-11,25H,2-3,5,12-19H2,1H3,(H,29,33,34). The maximum Gasteiger partial charge on any atom is 0.255 e. The fraction of sp³-hybridized carbons (Fsp3) is 0.464. The number of unbranched alkanes of at least 4 members (excludes halogenated alkanes) is 1. The Bertz CT molecular complexity index is 1120. The first-order valence-electron chi connectivity index (χ1n) is 12.9. The summed E-state index contributed by atoms with van der Waals surface area (Å²) in [6, 6.07) is 13.6. The van der Waals surface area contributed by atoms with Gasteiger partial charge in [0.2, 0.25) is 11.8 Å². The molecule has 0 radical (unpaired) electrons. The van der Waals surface area contributed by atoms with Gasteiger partial charge in [0, 0.05) is 50.4 Å². The molecule has 1 atom stereocenters. The number of piperazine rings is 1. The second kappa shape index (κ2) is 10.7. The zero-order chi connectivity index (χ0) is 25.1. The molecule has 3 amide bonds. The quantitative estimate of drug-likeness (QED) is 0.453. The number of methoxy groups -OCH3 is 1. The third-order valence-electron chi connectivity index (χ3n) is 7.66. The first-order chi connectivity index (χ1) is 17.5. The van der Waals surface area contributed by atoms with Crippen molar-refractivity contribution in [1.29, 1.82) is 0 Å². The van der Waals surface area contributed by atoms with Gasteiger partial charge >= 0.3 is 0 Å². The fourth-order valence-electron chi connectivity index (χ4n) is 5.56. The third-order valence-corrected chi connectivity index (χ3v) is 7.66. The SMILES string of the molecule is COc1ccc(N2CCN(CCCCc3cccc4c3CN(C3CCC(=O)NC3=O)C4=O)CC2)cc1. The lowest BCUT2D eigenvalue weighted by Crippen LogP contribution is -2.52. The maximum absolute atomic E-state index is 13.0. The molecule has 2 fully saturated rings. The summed E-state index contributed by atoms with van der Waals surface area (Å²) in [6.07, 6.45) is 3.76. The molecule has 3 aliphatic heterocycles. The molecule has 36 heavy (non-hydrogen) atoms. The lowest BCUT2D eigenvalue weighted by molar-refractivity contribution is -0.136. The summed E-state index contributed by atoms with van der Waals surface area (Å²) in [7, 11) is 1.69. The maximum atomic E-state index is 13.0. The molecule has 3 aliphatic rings. The number of fused-ring (bicyclic) bond motifs is 1. The summed E-state index contributed by atoms with van der Waals surface area (Å²) in [5.74, 6) is 0.162. The zero-order valence-electron chi connectivity index (χ0n) is 20.9. The van der Waals surface area contributed by atoms with Crippen LogP contribution >= 0.6 is 0 Å².